The van der Waals surface area contributed by atoms with Gasteiger partial charge in [-0.1, -0.05) is 33.6 Å². The normalized spacial score (nSPS) is 12.9. The van der Waals surface area contributed by atoms with E-state index in [-0.39, 0.29) is 6.04 Å². The third-order valence-corrected chi connectivity index (χ3v) is 3.91. The maximum Gasteiger partial charge on any atom is 0.0947 e. The molecule has 0 aliphatic carbocycles. The maximum atomic E-state index is 6.30. The number of furan rings is 1. The summed E-state index contributed by atoms with van der Waals surface area (Å²) in [7, 11) is 2.03. The van der Waals surface area contributed by atoms with Crippen molar-refractivity contribution in [2.24, 2.45) is 5.73 Å². The van der Waals surface area contributed by atoms with Crippen LogP contribution in [0.1, 0.15) is 17.2 Å². The molecule has 0 bridgehead atoms. The molecule has 0 saturated heterocycles. The lowest BCUT2D eigenvalue weighted by molar-refractivity contribution is 0.241. The van der Waals surface area contributed by atoms with Gasteiger partial charge in [0.05, 0.1) is 12.5 Å². The van der Waals surface area contributed by atoms with Crippen LogP contribution in [-0.2, 0) is 6.54 Å². The number of hydrogen-bond donors (Lipinski definition) is 1. The third kappa shape index (κ3) is 3.60. The van der Waals surface area contributed by atoms with Crippen LogP contribution in [0.3, 0.4) is 0 Å². The van der Waals surface area contributed by atoms with Crippen LogP contribution in [0, 0.1) is 0 Å². The van der Waals surface area contributed by atoms with Crippen LogP contribution < -0.4 is 5.73 Å². The van der Waals surface area contributed by atoms with Crippen molar-refractivity contribution < 1.29 is 4.42 Å². The van der Waals surface area contributed by atoms with Crippen molar-refractivity contribution in [2.75, 3.05) is 13.6 Å². The minimum atomic E-state index is 0.0792. The summed E-state index contributed by atoms with van der Waals surface area (Å²) >= 11 is 9.71. The van der Waals surface area contributed by atoms with Gasteiger partial charge in [0.25, 0.3) is 0 Å². The molecule has 2 rings (SSSR count). The smallest absolute Gasteiger partial charge is 0.0947 e. The molecule has 3 nitrogen and oxygen atoms in total. The molecule has 0 amide bonds. The maximum absolute atomic E-state index is 6.30. The molecule has 1 unspecified atom stereocenters. The zero-order chi connectivity index (χ0) is 13.8. The fraction of sp³-hybridized carbons (Fsp3) is 0.286. The SMILES string of the molecule is CN(Cc1ccoc1)C(CN)c1ccc(Br)cc1Cl. The first-order chi connectivity index (χ1) is 9.11. The van der Waals surface area contributed by atoms with E-state index < -0.39 is 0 Å². The van der Waals surface area contributed by atoms with Crippen molar-refractivity contribution in [2.45, 2.75) is 12.6 Å². The Balaban J connectivity index is 2.18. The number of benzene rings is 1. The Morgan fingerprint density at radius 3 is 2.79 bits per heavy atom. The first kappa shape index (κ1) is 14.6. The molecule has 19 heavy (non-hydrogen) atoms. The molecule has 2 N–H and O–H groups in total. The average molecular weight is 344 g/mol. The van der Waals surface area contributed by atoms with Gasteiger partial charge in [0.2, 0.25) is 0 Å². The standard InChI is InChI=1S/C14H16BrClN2O/c1-18(8-10-4-5-19-9-10)14(7-17)12-3-2-11(15)6-13(12)16/h2-6,9,14H,7-8,17H2,1H3. The molecule has 0 fully saturated rings. The lowest BCUT2D eigenvalue weighted by Gasteiger charge is -2.27. The van der Waals surface area contributed by atoms with Gasteiger partial charge in [0.15, 0.2) is 0 Å². The monoisotopic (exact) mass is 342 g/mol. The van der Waals surface area contributed by atoms with Crippen LogP contribution >= 0.6 is 27.5 Å². The summed E-state index contributed by atoms with van der Waals surface area (Å²) in [6, 6.07) is 7.92. The van der Waals surface area contributed by atoms with Crippen molar-refractivity contribution in [1.82, 2.24) is 4.90 Å². The minimum Gasteiger partial charge on any atom is -0.472 e. The summed E-state index contributed by atoms with van der Waals surface area (Å²) in [4.78, 5) is 2.17. The van der Waals surface area contributed by atoms with Crippen molar-refractivity contribution >= 4 is 27.5 Å². The third-order valence-electron chi connectivity index (χ3n) is 3.09. The van der Waals surface area contributed by atoms with Gasteiger partial charge in [-0.15, -0.1) is 0 Å². The Bertz CT molecular complexity index is 530. The van der Waals surface area contributed by atoms with E-state index in [1.165, 1.54) is 0 Å². The number of halogens is 2. The Hall–Kier alpha value is -0.810. The molecule has 0 aliphatic heterocycles. The number of hydrogen-bond acceptors (Lipinski definition) is 3. The summed E-state index contributed by atoms with van der Waals surface area (Å²) < 4.78 is 6.05. The zero-order valence-corrected chi connectivity index (χ0v) is 13.0. The molecule has 1 heterocycles. The lowest BCUT2D eigenvalue weighted by atomic mass is 10.1. The summed E-state index contributed by atoms with van der Waals surface area (Å²) in [5.41, 5.74) is 8.07. The second-order valence-corrected chi connectivity index (χ2v) is 5.79. The fourth-order valence-corrected chi connectivity index (χ4v) is 2.90. The highest BCUT2D eigenvalue weighted by Gasteiger charge is 2.18. The van der Waals surface area contributed by atoms with Crippen LogP contribution in [0.2, 0.25) is 5.02 Å². The molecule has 2 aromatic rings. The van der Waals surface area contributed by atoms with Crippen LogP contribution in [0.25, 0.3) is 0 Å². The fourth-order valence-electron chi connectivity index (χ4n) is 2.10. The molecule has 5 heteroatoms. The number of likely N-dealkylation sites (N-methyl/N-ethyl adjacent to an activating group) is 1. The second-order valence-electron chi connectivity index (χ2n) is 4.46. The van der Waals surface area contributed by atoms with Crippen molar-refractivity contribution in [3.63, 3.8) is 0 Å². The Labute approximate surface area is 126 Å². The van der Waals surface area contributed by atoms with E-state index in [2.05, 4.69) is 20.8 Å². The number of nitrogens with zero attached hydrogens (tertiary/aromatic N) is 1. The predicted molar refractivity (Wildman–Crippen MR) is 81.1 cm³/mol. The van der Waals surface area contributed by atoms with Gasteiger partial charge >= 0.3 is 0 Å². The Morgan fingerprint density at radius 2 is 2.21 bits per heavy atom. The van der Waals surface area contributed by atoms with Gasteiger partial charge in [-0.25, -0.2) is 0 Å². The average Bonchev–Trinajstić information content (AvgIpc) is 2.85. The van der Waals surface area contributed by atoms with Gasteiger partial charge in [0, 0.05) is 34.2 Å². The molecule has 1 aromatic carbocycles. The van der Waals surface area contributed by atoms with E-state index in [1.54, 1.807) is 12.5 Å². The predicted octanol–water partition coefficient (Wildman–Crippen LogP) is 3.83. The molecule has 1 atom stereocenters. The highest BCUT2D eigenvalue weighted by molar-refractivity contribution is 9.10. The summed E-state index contributed by atoms with van der Waals surface area (Å²) in [5, 5.41) is 0.726. The minimum absolute atomic E-state index is 0.0792. The zero-order valence-electron chi connectivity index (χ0n) is 10.6. The van der Waals surface area contributed by atoms with E-state index in [9.17, 15) is 0 Å². The molecule has 1 aromatic heterocycles. The van der Waals surface area contributed by atoms with E-state index >= 15 is 0 Å². The van der Waals surface area contributed by atoms with E-state index in [4.69, 9.17) is 21.8 Å². The highest BCUT2D eigenvalue weighted by Crippen LogP contribution is 2.29. The highest BCUT2D eigenvalue weighted by atomic mass is 79.9. The Morgan fingerprint density at radius 1 is 1.42 bits per heavy atom. The molecule has 0 aliphatic rings. The van der Waals surface area contributed by atoms with Crippen molar-refractivity contribution in [1.29, 1.82) is 0 Å². The van der Waals surface area contributed by atoms with Gasteiger partial charge < -0.3 is 10.2 Å². The van der Waals surface area contributed by atoms with Crippen LogP contribution in [0.4, 0.5) is 0 Å². The Kier molecular flexibility index (Phi) is 5.05. The van der Waals surface area contributed by atoms with E-state index in [0.29, 0.717) is 6.54 Å². The summed E-state index contributed by atoms with van der Waals surface area (Å²) in [6.45, 7) is 1.28. The molecule has 0 radical (unpaired) electrons. The van der Waals surface area contributed by atoms with Gasteiger partial charge in [-0.05, 0) is 30.8 Å². The molecular weight excluding hydrogens is 328 g/mol. The largest absolute Gasteiger partial charge is 0.472 e. The first-order valence-corrected chi connectivity index (χ1v) is 7.15. The summed E-state index contributed by atoms with van der Waals surface area (Å²) in [6.07, 6.45) is 3.42. The van der Waals surface area contributed by atoms with Crippen molar-refractivity contribution in [3.8, 4) is 0 Å². The first-order valence-electron chi connectivity index (χ1n) is 5.98. The number of nitrogens with two attached hydrogens (primary N) is 1. The van der Waals surface area contributed by atoms with Gasteiger partial charge in [-0.2, -0.15) is 0 Å². The van der Waals surface area contributed by atoms with Gasteiger partial charge in [0.1, 0.15) is 0 Å². The van der Waals surface area contributed by atoms with E-state index in [0.717, 1.165) is 27.2 Å². The lowest BCUT2D eigenvalue weighted by Crippen LogP contribution is -2.30. The van der Waals surface area contributed by atoms with Crippen LogP contribution in [0.5, 0.6) is 0 Å². The van der Waals surface area contributed by atoms with Gasteiger partial charge in [-0.3, -0.25) is 4.90 Å². The van der Waals surface area contributed by atoms with Crippen LogP contribution in [0.15, 0.2) is 45.7 Å². The van der Waals surface area contributed by atoms with Crippen molar-refractivity contribution in [3.05, 3.63) is 57.4 Å². The molecule has 0 spiro atoms. The van der Waals surface area contributed by atoms with Crippen LogP contribution in [-0.4, -0.2) is 18.5 Å². The number of rotatable bonds is 5. The topological polar surface area (TPSA) is 42.4 Å². The molecule has 102 valence electrons. The summed E-state index contributed by atoms with van der Waals surface area (Å²) in [5.74, 6) is 0. The molecule has 0 saturated carbocycles. The molecular formula is C14H16BrClN2O. The van der Waals surface area contributed by atoms with E-state index in [1.807, 2.05) is 31.3 Å². The second kappa shape index (κ2) is 6.57. The quantitative estimate of drug-likeness (QED) is 0.897.